The normalized spacial score (nSPS) is 13.9. The molecule has 0 radical (unpaired) electrons. The number of nitrogens with zero attached hydrogens (tertiary/aromatic N) is 1. The highest BCUT2D eigenvalue weighted by atomic mass is 32.1. The van der Waals surface area contributed by atoms with E-state index in [0.717, 1.165) is 10.7 Å². The number of ketones is 1. The molecule has 3 rings (SSSR count). The number of aromatic nitrogens is 1. The lowest BCUT2D eigenvalue weighted by Crippen LogP contribution is -2.08. The van der Waals surface area contributed by atoms with Crippen LogP contribution in [0.1, 0.15) is 46.7 Å². The highest BCUT2D eigenvalue weighted by Gasteiger charge is 2.26. The first-order chi connectivity index (χ1) is 11.6. The zero-order valence-electron chi connectivity index (χ0n) is 13.5. The number of benzene rings is 1. The summed E-state index contributed by atoms with van der Waals surface area (Å²) < 4.78 is 5.19. The molecule has 1 aliphatic carbocycles. The molecule has 1 N–H and O–H groups in total. The number of carbonyl (C=O) groups excluding carboxylic acids is 2. The molecule has 1 aliphatic rings. The Morgan fingerprint density at radius 3 is 2.83 bits per heavy atom. The average Bonchev–Trinajstić information content (AvgIpc) is 3.30. The molecule has 1 aromatic heterocycles. The monoisotopic (exact) mass is 342 g/mol. The van der Waals surface area contributed by atoms with Crippen LogP contribution >= 0.6 is 11.3 Å². The summed E-state index contributed by atoms with van der Waals surface area (Å²) in [5.74, 6) is 0.766. The van der Waals surface area contributed by atoms with E-state index in [0.29, 0.717) is 22.9 Å². The van der Waals surface area contributed by atoms with Crippen molar-refractivity contribution < 1.29 is 14.3 Å². The number of rotatable bonds is 6. The summed E-state index contributed by atoms with van der Waals surface area (Å²) >= 11 is 1.64. The van der Waals surface area contributed by atoms with Gasteiger partial charge in [-0.25, -0.2) is 4.98 Å². The Morgan fingerprint density at radius 2 is 2.17 bits per heavy atom. The number of allylic oxidation sites excluding steroid dienone is 1. The van der Waals surface area contributed by atoms with Crippen molar-refractivity contribution in [3.05, 3.63) is 45.9 Å². The van der Waals surface area contributed by atoms with Crippen LogP contribution in [0, 0.1) is 0 Å². The van der Waals surface area contributed by atoms with Crippen LogP contribution in [0.15, 0.2) is 29.7 Å². The number of ether oxygens (including phenoxy) is 1. The molecule has 124 valence electrons. The van der Waals surface area contributed by atoms with Gasteiger partial charge in [0.2, 0.25) is 5.91 Å². The van der Waals surface area contributed by atoms with Crippen molar-refractivity contribution in [3.63, 3.8) is 0 Å². The number of anilines is 1. The number of hydrogen-bond acceptors (Lipinski definition) is 5. The van der Waals surface area contributed by atoms with Gasteiger partial charge in [0.25, 0.3) is 0 Å². The van der Waals surface area contributed by atoms with Gasteiger partial charge in [0.05, 0.1) is 23.5 Å². The number of methoxy groups -OCH3 is 1. The van der Waals surface area contributed by atoms with E-state index in [-0.39, 0.29) is 11.7 Å². The predicted molar refractivity (Wildman–Crippen MR) is 94.8 cm³/mol. The fourth-order valence-corrected chi connectivity index (χ4v) is 3.26. The smallest absolute Gasteiger partial charge is 0.221 e. The largest absolute Gasteiger partial charge is 0.495 e. The molecular weight excluding hydrogens is 324 g/mol. The Morgan fingerprint density at radius 1 is 1.38 bits per heavy atom. The first kappa shape index (κ1) is 16.4. The predicted octanol–water partition coefficient (Wildman–Crippen LogP) is 3.88. The molecule has 1 fully saturated rings. The second-order valence-corrected chi connectivity index (χ2v) is 6.57. The Bertz CT molecular complexity index is 806. The van der Waals surface area contributed by atoms with E-state index in [2.05, 4.69) is 10.3 Å². The lowest BCUT2D eigenvalue weighted by Gasteiger charge is -2.09. The fourth-order valence-electron chi connectivity index (χ4n) is 2.30. The van der Waals surface area contributed by atoms with Crippen molar-refractivity contribution in [1.29, 1.82) is 0 Å². The SMILES string of the molecule is COc1ccc(C(=O)/C=C/c2csc(C3CC3)n2)cc1NC(C)=O. The minimum atomic E-state index is -0.219. The number of amides is 1. The Balaban J connectivity index is 1.75. The number of nitrogens with one attached hydrogen (secondary N) is 1. The van der Waals surface area contributed by atoms with Crippen molar-refractivity contribution in [2.24, 2.45) is 0 Å². The maximum Gasteiger partial charge on any atom is 0.221 e. The summed E-state index contributed by atoms with van der Waals surface area (Å²) in [6.07, 6.45) is 5.67. The quantitative estimate of drug-likeness (QED) is 0.639. The summed E-state index contributed by atoms with van der Waals surface area (Å²) in [6, 6.07) is 4.96. The van der Waals surface area contributed by atoms with Crippen LogP contribution in [0.4, 0.5) is 5.69 Å². The molecule has 1 aromatic carbocycles. The highest BCUT2D eigenvalue weighted by Crippen LogP contribution is 2.41. The number of thiazole rings is 1. The molecule has 0 unspecified atom stereocenters. The van der Waals surface area contributed by atoms with E-state index < -0.39 is 0 Å². The first-order valence-electron chi connectivity index (χ1n) is 7.70. The van der Waals surface area contributed by atoms with Crippen LogP contribution in [-0.4, -0.2) is 23.8 Å². The van der Waals surface area contributed by atoms with Gasteiger partial charge in [-0.2, -0.15) is 0 Å². The van der Waals surface area contributed by atoms with E-state index >= 15 is 0 Å². The van der Waals surface area contributed by atoms with Gasteiger partial charge in [-0.3, -0.25) is 9.59 Å². The third-order valence-corrected chi connectivity index (χ3v) is 4.69. The van der Waals surface area contributed by atoms with Gasteiger partial charge in [-0.15, -0.1) is 11.3 Å². The van der Waals surface area contributed by atoms with Gasteiger partial charge < -0.3 is 10.1 Å². The molecule has 0 aliphatic heterocycles. The molecule has 0 atom stereocenters. The maximum absolute atomic E-state index is 12.3. The zero-order chi connectivity index (χ0) is 17.1. The van der Waals surface area contributed by atoms with Crippen molar-refractivity contribution in [2.75, 3.05) is 12.4 Å². The molecule has 2 aromatic rings. The molecule has 0 bridgehead atoms. The zero-order valence-corrected chi connectivity index (χ0v) is 14.4. The van der Waals surface area contributed by atoms with E-state index in [1.165, 1.54) is 33.0 Å². The summed E-state index contributed by atoms with van der Waals surface area (Å²) in [5.41, 5.74) is 1.77. The molecule has 1 amide bonds. The Labute approximate surface area is 144 Å². The van der Waals surface area contributed by atoms with Crippen LogP contribution in [-0.2, 0) is 4.79 Å². The summed E-state index contributed by atoms with van der Waals surface area (Å²) in [4.78, 5) is 28.1. The Hall–Kier alpha value is -2.47. The summed E-state index contributed by atoms with van der Waals surface area (Å²) in [7, 11) is 1.52. The molecule has 24 heavy (non-hydrogen) atoms. The van der Waals surface area contributed by atoms with Crippen LogP contribution in [0.5, 0.6) is 5.75 Å². The molecule has 1 heterocycles. The molecule has 0 saturated heterocycles. The van der Waals surface area contributed by atoms with Crippen molar-refractivity contribution in [3.8, 4) is 5.75 Å². The topological polar surface area (TPSA) is 68.3 Å². The average molecular weight is 342 g/mol. The van der Waals surface area contributed by atoms with Gasteiger partial charge in [-0.1, -0.05) is 0 Å². The van der Waals surface area contributed by atoms with Gasteiger partial charge in [-0.05, 0) is 43.2 Å². The third-order valence-electron chi connectivity index (χ3n) is 3.67. The minimum Gasteiger partial charge on any atom is -0.495 e. The third kappa shape index (κ3) is 3.89. The Kier molecular flexibility index (Phi) is 4.76. The molecule has 5 nitrogen and oxygen atoms in total. The van der Waals surface area contributed by atoms with E-state index in [1.807, 2.05) is 5.38 Å². The van der Waals surface area contributed by atoms with Gasteiger partial charge in [0.1, 0.15) is 5.75 Å². The van der Waals surface area contributed by atoms with Crippen LogP contribution in [0.3, 0.4) is 0 Å². The lowest BCUT2D eigenvalue weighted by atomic mass is 10.1. The van der Waals surface area contributed by atoms with Gasteiger partial charge >= 0.3 is 0 Å². The standard InChI is InChI=1S/C18H18N2O3S/c1-11(21)19-15-9-13(5-8-17(15)23-2)16(22)7-6-14-10-24-18(20-14)12-3-4-12/h5-10,12H,3-4H2,1-2H3,(H,19,21)/b7-6+. The maximum atomic E-state index is 12.3. The second kappa shape index (κ2) is 6.97. The van der Waals surface area contributed by atoms with E-state index in [1.54, 1.807) is 35.6 Å². The summed E-state index contributed by atoms with van der Waals surface area (Å²) in [6.45, 7) is 1.41. The van der Waals surface area contributed by atoms with Gasteiger partial charge in [0, 0.05) is 23.8 Å². The van der Waals surface area contributed by atoms with Crippen LogP contribution < -0.4 is 10.1 Å². The number of hydrogen-bond donors (Lipinski definition) is 1. The lowest BCUT2D eigenvalue weighted by molar-refractivity contribution is -0.114. The fraction of sp³-hybridized carbons (Fsp3) is 0.278. The van der Waals surface area contributed by atoms with Crippen LogP contribution in [0.2, 0.25) is 0 Å². The van der Waals surface area contributed by atoms with Crippen molar-refractivity contribution in [1.82, 2.24) is 4.98 Å². The van der Waals surface area contributed by atoms with Crippen LogP contribution in [0.25, 0.3) is 6.08 Å². The number of carbonyl (C=O) groups is 2. The van der Waals surface area contributed by atoms with E-state index in [9.17, 15) is 9.59 Å². The minimum absolute atomic E-state index is 0.148. The van der Waals surface area contributed by atoms with Crippen molar-refractivity contribution in [2.45, 2.75) is 25.7 Å². The summed E-state index contributed by atoms with van der Waals surface area (Å²) in [5, 5.41) is 5.78. The second-order valence-electron chi connectivity index (χ2n) is 5.68. The highest BCUT2D eigenvalue weighted by molar-refractivity contribution is 7.09. The van der Waals surface area contributed by atoms with Crippen molar-refractivity contribution >= 4 is 34.8 Å². The van der Waals surface area contributed by atoms with Gasteiger partial charge in [0.15, 0.2) is 5.78 Å². The first-order valence-corrected chi connectivity index (χ1v) is 8.58. The van der Waals surface area contributed by atoms with E-state index in [4.69, 9.17) is 4.74 Å². The molecule has 0 spiro atoms. The molecule has 1 saturated carbocycles. The molecular formula is C18H18N2O3S. The molecule has 6 heteroatoms.